The van der Waals surface area contributed by atoms with Crippen molar-refractivity contribution in [3.05, 3.63) is 24.0 Å². The lowest BCUT2D eigenvalue weighted by Crippen LogP contribution is -2.43. The third-order valence-corrected chi connectivity index (χ3v) is 3.57. The summed E-state index contributed by atoms with van der Waals surface area (Å²) in [6, 6.07) is 3.62. The fraction of sp³-hybridized carbons (Fsp3) is 0.462. The van der Waals surface area contributed by atoms with Gasteiger partial charge in [0.15, 0.2) is 0 Å². The van der Waals surface area contributed by atoms with Crippen LogP contribution in [-0.2, 0) is 19.6 Å². The van der Waals surface area contributed by atoms with Crippen LogP contribution in [0.3, 0.4) is 0 Å². The minimum absolute atomic E-state index is 0. The molecule has 0 aliphatic carbocycles. The van der Waals surface area contributed by atoms with E-state index in [-0.39, 0.29) is 36.5 Å². The number of hydrogen-bond acceptors (Lipinski definition) is 5. The Bertz CT molecular complexity index is 651. The number of morpholine rings is 1. The van der Waals surface area contributed by atoms with Crippen molar-refractivity contribution < 1.29 is 22.3 Å². The van der Waals surface area contributed by atoms with Gasteiger partial charge in [-0.25, -0.2) is 12.8 Å². The summed E-state index contributed by atoms with van der Waals surface area (Å²) in [5, 5.41) is 5.76. The molecule has 1 aliphatic heterocycles. The van der Waals surface area contributed by atoms with E-state index in [1.54, 1.807) is 0 Å². The molecule has 2 rings (SSSR count). The van der Waals surface area contributed by atoms with Gasteiger partial charge in [-0.15, -0.1) is 12.4 Å². The van der Waals surface area contributed by atoms with E-state index in [9.17, 15) is 17.6 Å². The molecule has 1 saturated heterocycles. The first-order valence-corrected chi connectivity index (χ1v) is 8.61. The third-order valence-electron chi connectivity index (χ3n) is 2.98. The number of hydrogen-bond donors (Lipinski definition) is 3. The molecule has 1 atom stereocenters. The molecule has 0 saturated carbocycles. The largest absolute Gasteiger partial charge is 0.378 e. The van der Waals surface area contributed by atoms with E-state index in [2.05, 4.69) is 15.4 Å². The molecule has 130 valence electrons. The number of nitrogens with one attached hydrogen (secondary N) is 3. The van der Waals surface area contributed by atoms with Gasteiger partial charge in [-0.1, -0.05) is 0 Å². The molecule has 1 unspecified atom stereocenters. The van der Waals surface area contributed by atoms with Gasteiger partial charge in [-0.3, -0.25) is 9.52 Å². The lowest BCUT2D eigenvalue weighted by molar-refractivity contribution is -0.117. The Morgan fingerprint density at radius 1 is 1.48 bits per heavy atom. The van der Waals surface area contributed by atoms with E-state index in [0.717, 1.165) is 12.3 Å². The van der Waals surface area contributed by atoms with Gasteiger partial charge in [0.25, 0.3) is 0 Å². The predicted octanol–water partition coefficient (Wildman–Crippen LogP) is 0.936. The van der Waals surface area contributed by atoms with Gasteiger partial charge >= 0.3 is 0 Å². The molecule has 1 fully saturated rings. The van der Waals surface area contributed by atoms with Crippen LogP contribution in [0.2, 0.25) is 0 Å². The lowest BCUT2D eigenvalue weighted by atomic mass is 10.2. The minimum Gasteiger partial charge on any atom is -0.378 e. The standard InChI is InChI=1S/C13H18FN3O4S.ClH/c1-22(19,20)17-12-6-9(2-3-11(12)14)16-13(18)7-10-8-21-5-4-15-10;/h2-3,6,10,15,17H,4-5,7-8H2,1H3,(H,16,18);1H. The van der Waals surface area contributed by atoms with Crippen LogP contribution >= 0.6 is 12.4 Å². The van der Waals surface area contributed by atoms with E-state index < -0.39 is 15.8 Å². The van der Waals surface area contributed by atoms with E-state index >= 15 is 0 Å². The van der Waals surface area contributed by atoms with Gasteiger partial charge in [0.1, 0.15) is 5.82 Å². The Labute approximate surface area is 140 Å². The van der Waals surface area contributed by atoms with Gasteiger partial charge in [0.05, 0.1) is 25.2 Å². The Balaban J connectivity index is 0.00000264. The van der Waals surface area contributed by atoms with Crippen LogP contribution in [0.1, 0.15) is 6.42 Å². The number of carbonyl (C=O) groups excluding carboxylic acids is 1. The summed E-state index contributed by atoms with van der Waals surface area (Å²) in [6.45, 7) is 1.77. The number of amides is 1. The van der Waals surface area contributed by atoms with Crippen molar-refractivity contribution in [2.75, 3.05) is 36.1 Å². The lowest BCUT2D eigenvalue weighted by Gasteiger charge is -2.23. The van der Waals surface area contributed by atoms with Crippen LogP contribution in [0.4, 0.5) is 15.8 Å². The maximum atomic E-state index is 13.5. The molecule has 1 heterocycles. The van der Waals surface area contributed by atoms with Crippen LogP contribution < -0.4 is 15.4 Å². The highest BCUT2D eigenvalue weighted by molar-refractivity contribution is 7.92. The van der Waals surface area contributed by atoms with Gasteiger partial charge in [0.2, 0.25) is 15.9 Å². The van der Waals surface area contributed by atoms with Crippen LogP contribution in [0.15, 0.2) is 18.2 Å². The van der Waals surface area contributed by atoms with Crippen LogP contribution in [0.5, 0.6) is 0 Å². The molecule has 3 N–H and O–H groups in total. The smallest absolute Gasteiger partial charge is 0.229 e. The average molecular weight is 368 g/mol. The second-order valence-electron chi connectivity index (χ2n) is 5.05. The van der Waals surface area contributed by atoms with Crippen LogP contribution in [0.25, 0.3) is 0 Å². The normalized spacial score (nSPS) is 17.9. The zero-order valence-corrected chi connectivity index (χ0v) is 14.1. The molecule has 10 heteroatoms. The summed E-state index contributed by atoms with van der Waals surface area (Å²) in [7, 11) is -3.60. The summed E-state index contributed by atoms with van der Waals surface area (Å²) in [4.78, 5) is 11.9. The van der Waals surface area contributed by atoms with Crippen LogP contribution in [-0.4, -0.2) is 46.4 Å². The van der Waals surface area contributed by atoms with Gasteiger partial charge in [-0.05, 0) is 18.2 Å². The molecule has 1 aromatic rings. The van der Waals surface area contributed by atoms with Crippen molar-refractivity contribution in [2.24, 2.45) is 0 Å². The molecule has 0 bridgehead atoms. The molecule has 1 amide bonds. The third kappa shape index (κ3) is 6.69. The van der Waals surface area contributed by atoms with Crippen molar-refractivity contribution in [2.45, 2.75) is 12.5 Å². The SMILES string of the molecule is CS(=O)(=O)Nc1cc(NC(=O)CC2COCCN2)ccc1F.Cl. The maximum Gasteiger partial charge on any atom is 0.229 e. The first-order chi connectivity index (χ1) is 10.3. The van der Waals surface area contributed by atoms with E-state index in [1.807, 2.05) is 0 Å². The van der Waals surface area contributed by atoms with Crippen LogP contribution in [0, 0.1) is 5.82 Å². The first-order valence-electron chi connectivity index (χ1n) is 6.72. The molecular weight excluding hydrogens is 349 g/mol. The molecule has 0 radical (unpaired) electrons. The Hall–Kier alpha value is -1.42. The molecular formula is C13H19ClFN3O4S. The summed E-state index contributed by atoms with van der Waals surface area (Å²) >= 11 is 0. The van der Waals surface area contributed by atoms with Crippen molar-refractivity contribution >= 4 is 39.7 Å². The van der Waals surface area contributed by atoms with Crippen molar-refractivity contribution in [3.8, 4) is 0 Å². The molecule has 23 heavy (non-hydrogen) atoms. The zero-order chi connectivity index (χ0) is 16.2. The predicted molar refractivity (Wildman–Crippen MR) is 88.0 cm³/mol. The molecule has 1 aromatic carbocycles. The number of sulfonamides is 1. The van der Waals surface area contributed by atoms with Gasteiger partial charge < -0.3 is 15.4 Å². The molecule has 0 spiro atoms. The highest BCUT2D eigenvalue weighted by atomic mass is 35.5. The monoisotopic (exact) mass is 367 g/mol. The van der Waals surface area contributed by atoms with Crippen molar-refractivity contribution in [1.29, 1.82) is 0 Å². The molecule has 1 aliphatic rings. The number of benzene rings is 1. The molecule has 7 nitrogen and oxygen atoms in total. The Morgan fingerprint density at radius 2 is 2.22 bits per heavy atom. The number of halogens is 2. The number of ether oxygens (including phenoxy) is 1. The first kappa shape index (κ1) is 19.6. The summed E-state index contributed by atoms with van der Waals surface area (Å²) in [5.41, 5.74) is 0.105. The molecule has 0 aromatic heterocycles. The minimum atomic E-state index is -3.60. The Kier molecular flexibility index (Phi) is 7.20. The fourth-order valence-electron chi connectivity index (χ4n) is 2.07. The summed E-state index contributed by atoms with van der Waals surface area (Å²) in [6.07, 6.45) is 1.14. The zero-order valence-electron chi connectivity index (χ0n) is 12.5. The fourth-order valence-corrected chi connectivity index (χ4v) is 2.62. The Morgan fingerprint density at radius 3 is 2.83 bits per heavy atom. The highest BCUT2D eigenvalue weighted by Crippen LogP contribution is 2.20. The summed E-state index contributed by atoms with van der Waals surface area (Å²) in [5.74, 6) is -0.981. The highest BCUT2D eigenvalue weighted by Gasteiger charge is 2.17. The number of anilines is 2. The van der Waals surface area contributed by atoms with E-state index in [1.165, 1.54) is 12.1 Å². The number of rotatable bonds is 5. The second kappa shape index (κ2) is 8.44. The van der Waals surface area contributed by atoms with Crippen molar-refractivity contribution in [1.82, 2.24) is 5.32 Å². The quantitative estimate of drug-likeness (QED) is 0.719. The van der Waals surface area contributed by atoms with Gasteiger partial charge in [0, 0.05) is 24.7 Å². The maximum absolute atomic E-state index is 13.5. The number of carbonyl (C=O) groups is 1. The van der Waals surface area contributed by atoms with E-state index in [4.69, 9.17) is 4.74 Å². The van der Waals surface area contributed by atoms with E-state index in [0.29, 0.717) is 25.4 Å². The average Bonchev–Trinajstić information content (AvgIpc) is 2.42. The summed E-state index contributed by atoms with van der Waals surface area (Å²) < 4.78 is 43.2. The second-order valence-corrected chi connectivity index (χ2v) is 6.80. The van der Waals surface area contributed by atoms with Crippen molar-refractivity contribution in [3.63, 3.8) is 0 Å². The van der Waals surface area contributed by atoms with Gasteiger partial charge in [-0.2, -0.15) is 0 Å². The topological polar surface area (TPSA) is 96.5 Å².